The van der Waals surface area contributed by atoms with E-state index >= 15 is 0 Å². The summed E-state index contributed by atoms with van der Waals surface area (Å²) in [6.07, 6.45) is -0.815. The van der Waals surface area contributed by atoms with E-state index in [0.29, 0.717) is 12.8 Å². The van der Waals surface area contributed by atoms with Gasteiger partial charge in [-0.2, -0.15) is 13.2 Å². The Morgan fingerprint density at radius 2 is 2.00 bits per heavy atom. The van der Waals surface area contributed by atoms with Crippen LogP contribution in [0.1, 0.15) is 42.5 Å². The molecule has 0 aromatic carbocycles. The molecule has 1 fully saturated rings. The molecule has 0 radical (unpaired) electrons. The molecule has 1 aliphatic carbocycles. The van der Waals surface area contributed by atoms with Gasteiger partial charge in [-0.05, 0) is 18.9 Å². The van der Waals surface area contributed by atoms with Crippen LogP contribution in [0.15, 0.2) is 18.3 Å². The van der Waals surface area contributed by atoms with E-state index in [1.165, 1.54) is 12.3 Å². The van der Waals surface area contributed by atoms with E-state index in [9.17, 15) is 22.8 Å². The van der Waals surface area contributed by atoms with Crippen molar-refractivity contribution in [1.29, 1.82) is 0 Å². The van der Waals surface area contributed by atoms with Crippen molar-refractivity contribution in [3.63, 3.8) is 0 Å². The largest absolute Gasteiger partial charge is 0.481 e. The summed E-state index contributed by atoms with van der Waals surface area (Å²) >= 11 is 0. The number of carbonyl (C=O) groups is 2. The third-order valence-electron chi connectivity index (χ3n) is 3.81. The molecular weight excluding hydrogens is 329 g/mol. The molecule has 24 heavy (non-hydrogen) atoms. The Bertz CT molecular complexity index is 613. The van der Waals surface area contributed by atoms with Crippen LogP contribution in [0.5, 0.6) is 5.88 Å². The first-order valence-electron chi connectivity index (χ1n) is 7.39. The van der Waals surface area contributed by atoms with Crippen LogP contribution in [0.2, 0.25) is 0 Å². The number of pyridine rings is 1. The molecule has 1 amide bonds. The van der Waals surface area contributed by atoms with E-state index in [4.69, 9.17) is 5.11 Å². The van der Waals surface area contributed by atoms with Crippen LogP contribution in [0.25, 0.3) is 0 Å². The number of nitrogens with one attached hydrogen (secondary N) is 1. The highest BCUT2D eigenvalue weighted by Crippen LogP contribution is 2.33. The van der Waals surface area contributed by atoms with Crippen molar-refractivity contribution in [3.05, 3.63) is 23.9 Å². The molecule has 1 saturated carbocycles. The molecule has 0 spiro atoms. The van der Waals surface area contributed by atoms with Gasteiger partial charge in [0.05, 0.1) is 12.0 Å². The Hall–Kier alpha value is -2.32. The molecule has 2 rings (SSSR count). The number of alkyl halides is 3. The van der Waals surface area contributed by atoms with Crippen LogP contribution >= 0.6 is 0 Å². The lowest BCUT2D eigenvalue weighted by atomic mass is 9.92. The molecule has 1 aromatic heterocycles. The maximum Gasteiger partial charge on any atom is 0.422 e. The SMILES string of the molecule is O=C(O)CC1(NC(=O)c2ccnc(OCC(F)(F)F)c2)CCCC1. The fourth-order valence-electron chi connectivity index (χ4n) is 2.79. The van der Waals surface area contributed by atoms with E-state index in [1.54, 1.807) is 0 Å². The van der Waals surface area contributed by atoms with Gasteiger partial charge in [0.15, 0.2) is 6.61 Å². The van der Waals surface area contributed by atoms with Gasteiger partial charge in [-0.25, -0.2) is 4.98 Å². The van der Waals surface area contributed by atoms with Crippen molar-refractivity contribution >= 4 is 11.9 Å². The summed E-state index contributed by atoms with van der Waals surface area (Å²) in [6, 6.07) is 2.43. The third kappa shape index (κ3) is 5.10. The molecule has 2 N–H and O–H groups in total. The molecule has 9 heteroatoms. The maximum atomic E-state index is 12.3. The Balaban J connectivity index is 2.07. The smallest absolute Gasteiger partial charge is 0.422 e. The number of amides is 1. The van der Waals surface area contributed by atoms with Gasteiger partial charge >= 0.3 is 12.1 Å². The topological polar surface area (TPSA) is 88.5 Å². The van der Waals surface area contributed by atoms with Crippen LogP contribution in [0.3, 0.4) is 0 Å². The predicted molar refractivity (Wildman–Crippen MR) is 76.7 cm³/mol. The molecule has 0 bridgehead atoms. The van der Waals surface area contributed by atoms with Gasteiger partial charge in [0.2, 0.25) is 5.88 Å². The monoisotopic (exact) mass is 346 g/mol. The first-order chi connectivity index (χ1) is 11.2. The van der Waals surface area contributed by atoms with Gasteiger partial charge in [0.25, 0.3) is 5.91 Å². The summed E-state index contributed by atoms with van der Waals surface area (Å²) in [5, 5.41) is 11.7. The normalized spacial score (nSPS) is 16.6. The van der Waals surface area contributed by atoms with Gasteiger partial charge in [0.1, 0.15) is 0 Å². The van der Waals surface area contributed by atoms with Crippen LogP contribution in [0.4, 0.5) is 13.2 Å². The highest BCUT2D eigenvalue weighted by atomic mass is 19.4. The average Bonchev–Trinajstić information content (AvgIpc) is 2.92. The van der Waals surface area contributed by atoms with Crippen molar-refractivity contribution in [2.75, 3.05) is 6.61 Å². The standard InChI is InChI=1S/C15H17F3N2O4/c16-15(17,18)9-24-11-7-10(3-6-19-11)13(23)20-14(8-12(21)22)4-1-2-5-14/h3,6-7H,1-2,4-5,8-9H2,(H,20,23)(H,21,22). The summed E-state index contributed by atoms with van der Waals surface area (Å²) in [7, 11) is 0. The highest BCUT2D eigenvalue weighted by Gasteiger charge is 2.37. The number of aromatic nitrogens is 1. The number of hydrogen-bond donors (Lipinski definition) is 2. The zero-order valence-electron chi connectivity index (χ0n) is 12.7. The van der Waals surface area contributed by atoms with E-state index in [1.807, 2.05) is 0 Å². The fourth-order valence-corrected chi connectivity index (χ4v) is 2.79. The number of carboxylic acid groups (broad SMARTS) is 1. The molecule has 0 aliphatic heterocycles. The van der Waals surface area contributed by atoms with Crippen LogP contribution in [-0.4, -0.2) is 40.3 Å². The number of rotatable bonds is 6. The van der Waals surface area contributed by atoms with Crippen molar-refractivity contribution in [3.8, 4) is 5.88 Å². The molecule has 0 saturated heterocycles. The molecular formula is C15H17F3N2O4. The Labute approximate surface area is 136 Å². The predicted octanol–water partition coefficient (Wildman–Crippen LogP) is 2.54. The van der Waals surface area contributed by atoms with Gasteiger partial charge in [-0.3, -0.25) is 9.59 Å². The Morgan fingerprint density at radius 3 is 2.58 bits per heavy atom. The number of carboxylic acids is 1. The lowest BCUT2D eigenvalue weighted by Gasteiger charge is -2.28. The van der Waals surface area contributed by atoms with Crippen molar-refractivity contribution < 1.29 is 32.6 Å². The summed E-state index contributed by atoms with van der Waals surface area (Å²) in [5.41, 5.74) is -0.752. The number of ether oxygens (including phenoxy) is 1. The minimum atomic E-state index is -4.50. The molecule has 1 aromatic rings. The lowest BCUT2D eigenvalue weighted by Crippen LogP contribution is -2.47. The number of aliphatic carboxylic acids is 1. The second-order valence-electron chi connectivity index (χ2n) is 5.80. The second kappa shape index (κ2) is 7.06. The molecule has 1 heterocycles. The number of carbonyl (C=O) groups excluding carboxylic acids is 1. The maximum absolute atomic E-state index is 12.3. The van der Waals surface area contributed by atoms with Gasteiger partial charge in [-0.1, -0.05) is 12.8 Å². The minimum absolute atomic E-state index is 0.0684. The van der Waals surface area contributed by atoms with Gasteiger partial charge in [0, 0.05) is 17.8 Å². The number of nitrogens with zero attached hydrogens (tertiary/aromatic N) is 1. The van der Waals surface area contributed by atoms with E-state index in [2.05, 4.69) is 15.0 Å². The summed E-state index contributed by atoms with van der Waals surface area (Å²) in [6.45, 7) is -1.51. The van der Waals surface area contributed by atoms with Gasteiger partial charge < -0.3 is 15.2 Å². The summed E-state index contributed by atoms with van der Waals surface area (Å²) in [5.74, 6) is -1.89. The zero-order chi connectivity index (χ0) is 17.8. The highest BCUT2D eigenvalue weighted by molar-refractivity contribution is 5.95. The van der Waals surface area contributed by atoms with Crippen LogP contribution in [-0.2, 0) is 4.79 Å². The minimum Gasteiger partial charge on any atom is -0.481 e. The summed E-state index contributed by atoms with van der Waals surface area (Å²) < 4.78 is 41.0. The second-order valence-corrected chi connectivity index (χ2v) is 5.80. The van der Waals surface area contributed by atoms with Crippen molar-refractivity contribution in [2.45, 2.75) is 43.8 Å². The van der Waals surface area contributed by atoms with Gasteiger partial charge in [-0.15, -0.1) is 0 Å². The van der Waals surface area contributed by atoms with Crippen molar-refractivity contribution in [1.82, 2.24) is 10.3 Å². The molecule has 6 nitrogen and oxygen atoms in total. The average molecular weight is 346 g/mol. The number of hydrogen-bond acceptors (Lipinski definition) is 4. The van der Waals surface area contributed by atoms with E-state index in [-0.39, 0.29) is 17.9 Å². The van der Waals surface area contributed by atoms with Crippen LogP contribution in [0, 0.1) is 0 Å². The van der Waals surface area contributed by atoms with E-state index < -0.39 is 30.2 Å². The fraction of sp³-hybridized carbons (Fsp3) is 0.533. The molecule has 0 atom stereocenters. The summed E-state index contributed by atoms with van der Waals surface area (Å²) in [4.78, 5) is 27.0. The third-order valence-corrected chi connectivity index (χ3v) is 3.81. The van der Waals surface area contributed by atoms with Crippen molar-refractivity contribution in [2.24, 2.45) is 0 Å². The lowest BCUT2D eigenvalue weighted by molar-refractivity contribution is -0.154. The zero-order valence-corrected chi connectivity index (χ0v) is 12.7. The first-order valence-corrected chi connectivity index (χ1v) is 7.39. The Kier molecular flexibility index (Phi) is 5.30. The first kappa shape index (κ1) is 18.0. The number of halogens is 3. The molecule has 0 unspecified atom stereocenters. The Morgan fingerprint density at radius 1 is 1.33 bits per heavy atom. The van der Waals surface area contributed by atoms with Crippen LogP contribution < -0.4 is 10.1 Å². The molecule has 1 aliphatic rings. The quantitative estimate of drug-likeness (QED) is 0.826. The van der Waals surface area contributed by atoms with E-state index in [0.717, 1.165) is 18.9 Å². The molecule has 132 valence electrons.